The van der Waals surface area contributed by atoms with Crippen molar-refractivity contribution in [2.75, 3.05) is 25.9 Å². The lowest BCUT2D eigenvalue weighted by atomic mass is 9.91. The van der Waals surface area contributed by atoms with Crippen LogP contribution in [0.2, 0.25) is 0 Å². The number of anilines is 1. The van der Waals surface area contributed by atoms with Crippen molar-refractivity contribution in [2.45, 2.75) is 130 Å². The summed E-state index contributed by atoms with van der Waals surface area (Å²) in [6, 6.07) is 4.24. The Morgan fingerprint density at radius 3 is 2.33 bits per heavy atom. The SMILES string of the molecule is [2H]CN1CCC[C@@]1(C[2H])C(=O)N[C@H](C(=O)N(C)[C@H](C[C@@H](OC(C)=O)c1nc(C(=O)N[C@@H](Cc2ccc(NC(=O)[C@H](C)N)cc2)C[C@H](C)C(=O)O)cs1)C(C)C)[C@@H](C)CC. The number of esters is 1. The van der Waals surface area contributed by atoms with Crippen molar-refractivity contribution in [1.82, 2.24) is 25.4 Å². The number of carbonyl (C=O) groups excluding carboxylic acids is 5. The van der Waals surface area contributed by atoms with Gasteiger partial charge in [0.05, 0.1) is 17.5 Å². The van der Waals surface area contributed by atoms with Crippen molar-refractivity contribution in [3.8, 4) is 0 Å². The number of aromatic nitrogens is 1. The zero-order valence-corrected chi connectivity index (χ0v) is 35.3. The Balaban J connectivity index is 1.84. The average Bonchev–Trinajstić information content (AvgIpc) is 3.86. The third-order valence-electron chi connectivity index (χ3n) is 10.7. The van der Waals surface area contributed by atoms with Gasteiger partial charge in [-0.15, -0.1) is 11.3 Å². The van der Waals surface area contributed by atoms with Gasteiger partial charge in [-0.05, 0) is 82.6 Å². The number of hydrogen-bond acceptors (Lipinski definition) is 11. The van der Waals surface area contributed by atoms with Crippen LogP contribution in [0, 0.1) is 17.8 Å². The first-order valence-corrected chi connectivity index (χ1v) is 20.4. The molecule has 3 rings (SSSR count). The summed E-state index contributed by atoms with van der Waals surface area (Å²) >= 11 is 1.12. The minimum absolute atomic E-state index is 0.0473. The number of benzene rings is 1. The number of ether oxygens (including phenoxy) is 1. The van der Waals surface area contributed by atoms with E-state index in [0.717, 1.165) is 16.9 Å². The number of nitrogens with zero attached hydrogens (tertiary/aromatic N) is 3. The molecule has 1 aromatic carbocycles. The number of thiazole rings is 1. The molecule has 0 saturated carbocycles. The van der Waals surface area contributed by atoms with Gasteiger partial charge in [-0.3, -0.25) is 33.7 Å². The van der Waals surface area contributed by atoms with Crippen LogP contribution >= 0.6 is 11.3 Å². The van der Waals surface area contributed by atoms with E-state index in [1.54, 1.807) is 55.0 Å². The normalized spacial score (nSPS) is 19.8. The van der Waals surface area contributed by atoms with Crippen molar-refractivity contribution >= 4 is 52.6 Å². The maximum Gasteiger partial charge on any atom is 0.306 e. The summed E-state index contributed by atoms with van der Waals surface area (Å²) in [5, 5.41) is 20.1. The minimum atomic E-state index is -1.18. The van der Waals surface area contributed by atoms with Crippen LogP contribution in [0.5, 0.6) is 0 Å². The Labute approximate surface area is 343 Å². The Morgan fingerprint density at radius 1 is 1.09 bits per heavy atom. The molecule has 2 aromatic rings. The van der Waals surface area contributed by atoms with Gasteiger partial charge in [-0.1, -0.05) is 53.2 Å². The van der Waals surface area contributed by atoms with Gasteiger partial charge < -0.3 is 36.4 Å². The van der Waals surface area contributed by atoms with E-state index in [0.29, 0.717) is 42.9 Å². The molecule has 2 heterocycles. The maximum absolute atomic E-state index is 14.3. The lowest BCUT2D eigenvalue weighted by Crippen LogP contribution is -2.60. The highest BCUT2D eigenvalue weighted by Gasteiger charge is 2.44. The first kappa shape index (κ1) is 43.7. The Bertz CT molecular complexity index is 1760. The molecular formula is C41H63N7O8S. The van der Waals surface area contributed by atoms with Crippen LogP contribution < -0.4 is 21.7 Å². The highest BCUT2D eigenvalue weighted by Crippen LogP contribution is 2.32. The van der Waals surface area contributed by atoms with Crippen LogP contribution in [0.1, 0.15) is 117 Å². The monoisotopic (exact) mass is 815 g/mol. The van der Waals surface area contributed by atoms with Gasteiger partial charge in [0.1, 0.15) is 16.7 Å². The van der Waals surface area contributed by atoms with Crippen LogP contribution in [0.15, 0.2) is 29.6 Å². The second-order valence-corrected chi connectivity index (χ2v) is 16.6. The fourth-order valence-electron chi connectivity index (χ4n) is 6.81. The van der Waals surface area contributed by atoms with E-state index in [1.165, 1.54) is 12.3 Å². The molecule has 8 atom stereocenters. The van der Waals surface area contributed by atoms with E-state index >= 15 is 0 Å². The molecule has 6 N–H and O–H groups in total. The summed E-state index contributed by atoms with van der Waals surface area (Å²) in [6.45, 7) is 12.4. The van der Waals surface area contributed by atoms with E-state index in [1.807, 2.05) is 27.7 Å². The largest absolute Gasteiger partial charge is 0.481 e. The summed E-state index contributed by atoms with van der Waals surface area (Å²) in [4.78, 5) is 85.9. The molecule has 1 fully saturated rings. The second kappa shape index (κ2) is 20.8. The number of carboxylic acids is 1. The minimum Gasteiger partial charge on any atom is -0.481 e. The van der Waals surface area contributed by atoms with E-state index in [-0.39, 0.29) is 56.1 Å². The zero-order valence-electron chi connectivity index (χ0n) is 36.5. The third-order valence-corrected chi connectivity index (χ3v) is 11.7. The van der Waals surface area contributed by atoms with Gasteiger partial charge in [-0.2, -0.15) is 0 Å². The first-order valence-electron chi connectivity index (χ1n) is 20.9. The smallest absolute Gasteiger partial charge is 0.306 e. The Morgan fingerprint density at radius 2 is 1.77 bits per heavy atom. The van der Waals surface area contributed by atoms with Gasteiger partial charge in [0.25, 0.3) is 5.91 Å². The molecule has 1 saturated heterocycles. The molecule has 316 valence electrons. The van der Waals surface area contributed by atoms with Crippen molar-refractivity contribution in [3.05, 3.63) is 45.9 Å². The molecule has 0 radical (unpaired) electrons. The number of rotatable bonds is 20. The summed E-state index contributed by atoms with van der Waals surface area (Å²) in [7, 11) is 1.52. The standard InChI is InChI=1S/C41H63N7O8S/c1-11-24(4)34(46-40(55)41(8)17-12-18-47(41)9)38(52)48(10)32(23(2)3)21-33(56-27(7)49)37-45-31(22-57-37)36(51)44-30(19-25(5)39(53)54)20-28-13-15-29(16-14-28)43-35(50)26(6)42/h13-16,22-26,30,32-34H,11-12,17-21,42H2,1-10H3,(H,43,50)(H,44,51)(H,46,55)(H,53,54)/t24-,25-,26-,30+,32+,33+,34-,41-/m0/s1/i8D,9D. The van der Waals surface area contributed by atoms with Crippen LogP contribution in [0.3, 0.4) is 0 Å². The molecule has 0 aliphatic carbocycles. The number of aliphatic carboxylic acids is 1. The summed E-state index contributed by atoms with van der Waals surface area (Å²) in [5.41, 5.74) is 5.85. The van der Waals surface area contributed by atoms with Crippen molar-refractivity contribution in [3.63, 3.8) is 0 Å². The fourth-order valence-corrected chi connectivity index (χ4v) is 7.65. The van der Waals surface area contributed by atoms with Crippen LogP contribution in [-0.2, 0) is 35.1 Å². The molecule has 57 heavy (non-hydrogen) atoms. The van der Waals surface area contributed by atoms with Gasteiger partial charge in [0.2, 0.25) is 17.7 Å². The third kappa shape index (κ3) is 12.8. The first-order chi connectivity index (χ1) is 27.8. The highest BCUT2D eigenvalue weighted by molar-refractivity contribution is 7.09. The quantitative estimate of drug-likeness (QED) is 0.118. The zero-order chi connectivity index (χ0) is 44.2. The van der Waals surface area contributed by atoms with E-state index in [4.69, 9.17) is 13.2 Å². The molecule has 1 aromatic heterocycles. The number of nitrogens with two attached hydrogens (primary N) is 1. The number of carboxylic acid groups (broad SMARTS) is 1. The molecule has 1 aliphatic heterocycles. The number of likely N-dealkylation sites (tertiary alicyclic amines) is 1. The van der Waals surface area contributed by atoms with Crippen LogP contribution in [0.4, 0.5) is 5.69 Å². The van der Waals surface area contributed by atoms with Crippen LogP contribution in [0.25, 0.3) is 0 Å². The number of hydrogen-bond donors (Lipinski definition) is 5. The number of carbonyl (C=O) groups is 6. The molecule has 0 bridgehead atoms. The predicted octanol–water partition coefficient (Wildman–Crippen LogP) is 4.37. The number of likely N-dealkylation sites (N-methyl/N-ethyl adjacent to an activating group) is 2. The van der Waals surface area contributed by atoms with Gasteiger partial charge in [-0.25, -0.2) is 4.98 Å². The van der Waals surface area contributed by atoms with Crippen molar-refractivity contribution in [1.29, 1.82) is 0 Å². The topological polar surface area (TPSA) is 213 Å². The average molecular weight is 816 g/mol. The van der Waals surface area contributed by atoms with Crippen LogP contribution in [-0.4, -0.2) is 106 Å². The van der Waals surface area contributed by atoms with E-state index in [9.17, 15) is 33.9 Å². The van der Waals surface area contributed by atoms with E-state index < -0.39 is 65.5 Å². The summed E-state index contributed by atoms with van der Waals surface area (Å²) < 4.78 is 22.0. The lowest BCUT2D eigenvalue weighted by molar-refractivity contribution is -0.149. The molecular weight excluding hydrogens is 751 g/mol. The van der Waals surface area contributed by atoms with Gasteiger partial charge in [0, 0.05) is 46.3 Å². The Kier molecular flexibility index (Phi) is 16.0. The summed E-state index contributed by atoms with van der Waals surface area (Å²) in [6.07, 6.45) is 1.31. The molecule has 4 amide bonds. The predicted molar refractivity (Wildman–Crippen MR) is 219 cm³/mol. The highest BCUT2D eigenvalue weighted by atomic mass is 32.1. The number of nitrogens with one attached hydrogen (secondary N) is 3. The lowest BCUT2D eigenvalue weighted by Gasteiger charge is -2.38. The van der Waals surface area contributed by atoms with E-state index in [2.05, 4.69) is 20.9 Å². The molecule has 0 spiro atoms. The molecule has 15 nitrogen and oxygen atoms in total. The molecule has 16 heteroatoms. The maximum atomic E-state index is 14.3. The van der Waals surface area contributed by atoms with Crippen molar-refractivity contribution in [2.24, 2.45) is 23.5 Å². The Hall–Kier alpha value is -4.41. The molecule has 0 unspecified atom stereocenters. The molecule has 1 aliphatic rings. The second-order valence-electron chi connectivity index (χ2n) is 15.7. The van der Waals surface area contributed by atoms with Gasteiger partial charge >= 0.3 is 11.9 Å². The van der Waals surface area contributed by atoms with Crippen molar-refractivity contribution < 1.29 is 41.4 Å². The summed E-state index contributed by atoms with van der Waals surface area (Å²) in [5.74, 6) is -4.43. The number of amides is 4. The van der Waals surface area contributed by atoms with Gasteiger partial charge in [0.15, 0.2) is 6.10 Å². The fraction of sp³-hybridized carbons (Fsp3) is 0.634.